The summed E-state index contributed by atoms with van der Waals surface area (Å²) in [6.45, 7) is 14.2. The standard InChI is InChI=1S/C26H35N7O4/c1-17(33(6)12-13-36-7)20(15-28-5)32-24(34)22-23(27)29-16-21(31-22)19-10-8-18(9-11-19)14-30-25(35)37-26(2,3)4/h8-11,15-16H,1,5,12-14H2,2-4,6-7H3,(H2,27,29)(H,30,35)(H,32,34)/b20-15+. The largest absolute Gasteiger partial charge is 0.444 e. The van der Waals surface area contributed by atoms with Crippen LogP contribution in [0.5, 0.6) is 0 Å². The zero-order chi connectivity index (χ0) is 27.6. The molecule has 0 aliphatic rings. The molecule has 0 unspecified atom stereocenters. The van der Waals surface area contributed by atoms with Crippen molar-refractivity contribution in [1.82, 2.24) is 25.5 Å². The van der Waals surface area contributed by atoms with Gasteiger partial charge in [0.2, 0.25) is 0 Å². The van der Waals surface area contributed by atoms with Gasteiger partial charge in [0.25, 0.3) is 5.91 Å². The van der Waals surface area contributed by atoms with Gasteiger partial charge in [0.15, 0.2) is 11.5 Å². The summed E-state index contributed by atoms with van der Waals surface area (Å²) in [5, 5.41) is 5.44. The minimum Gasteiger partial charge on any atom is -0.444 e. The maximum Gasteiger partial charge on any atom is 0.407 e. The number of carbonyl (C=O) groups is 2. The number of nitrogens with zero attached hydrogens (tertiary/aromatic N) is 4. The second-order valence-electron chi connectivity index (χ2n) is 9.08. The van der Waals surface area contributed by atoms with Crippen LogP contribution in [0.3, 0.4) is 0 Å². The Morgan fingerprint density at radius 2 is 1.92 bits per heavy atom. The first-order valence-electron chi connectivity index (χ1n) is 11.5. The van der Waals surface area contributed by atoms with Gasteiger partial charge in [-0.25, -0.2) is 14.8 Å². The van der Waals surface area contributed by atoms with Gasteiger partial charge >= 0.3 is 6.09 Å². The third-order valence-corrected chi connectivity index (χ3v) is 4.97. The highest BCUT2D eigenvalue weighted by atomic mass is 16.6. The van der Waals surface area contributed by atoms with E-state index in [-0.39, 0.29) is 11.5 Å². The van der Waals surface area contributed by atoms with Gasteiger partial charge in [-0.2, -0.15) is 0 Å². The maximum atomic E-state index is 13.0. The Labute approximate surface area is 217 Å². The Kier molecular flexibility index (Phi) is 10.3. The number of methoxy groups -OCH3 is 1. The van der Waals surface area contributed by atoms with Gasteiger partial charge in [-0.1, -0.05) is 30.8 Å². The first-order chi connectivity index (χ1) is 17.4. The van der Waals surface area contributed by atoms with Crippen molar-refractivity contribution in [3.05, 3.63) is 65.9 Å². The van der Waals surface area contributed by atoms with Crippen LogP contribution in [-0.2, 0) is 16.0 Å². The number of aliphatic imine (C=N–C) groups is 1. The van der Waals surface area contributed by atoms with E-state index in [0.29, 0.717) is 36.8 Å². The molecule has 0 saturated carbocycles. The van der Waals surface area contributed by atoms with Crippen LogP contribution >= 0.6 is 0 Å². The fraction of sp³-hybridized carbons (Fsp3) is 0.346. The van der Waals surface area contributed by atoms with E-state index in [1.807, 2.05) is 36.2 Å². The van der Waals surface area contributed by atoms with E-state index in [4.69, 9.17) is 15.2 Å². The van der Waals surface area contributed by atoms with Gasteiger partial charge in [0.05, 0.1) is 36.1 Å². The number of nitrogens with one attached hydrogen (secondary N) is 2. The lowest BCUT2D eigenvalue weighted by Gasteiger charge is -2.23. The molecule has 1 heterocycles. The first-order valence-corrected chi connectivity index (χ1v) is 11.5. The molecule has 11 heteroatoms. The van der Waals surface area contributed by atoms with Crippen molar-refractivity contribution in [3.8, 4) is 11.3 Å². The molecule has 0 atom stereocenters. The van der Waals surface area contributed by atoms with Crippen LogP contribution in [0, 0.1) is 0 Å². The summed E-state index contributed by atoms with van der Waals surface area (Å²) in [6, 6.07) is 7.29. The van der Waals surface area contributed by atoms with E-state index in [1.165, 1.54) is 12.4 Å². The fourth-order valence-electron chi connectivity index (χ4n) is 3.01. The Morgan fingerprint density at radius 3 is 2.51 bits per heavy atom. The predicted octanol–water partition coefficient (Wildman–Crippen LogP) is 3.11. The molecule has 2 amide bonds. The first kappa shape index (κ1) is 29.0. The summed E-state index contributed by atoms with van der Waals surface area (Å²) in [5.41, 5.74) is 8.23. The van der Waals surface area contributed by atoms with E-state index >= 15 is 0 Å². The molecule has 0 radical (unpaired) electrons. The zero-order valence-electron chi connectivity index (χ0n) is 22.0. The van der Waals surface area contributed by atoms with E-state index in [0.717, 1.165) is 11.1 Å². The zero-order valence-corrected chi connectivity index (χ0v) is 22.0. The van der Waals surface area contributed by atoms with Gasteiger partial charge in [-0.05, 0) is 33.1 Å². The second-order valence-corrected chi connectivity index (χ2v) is 9.08. The van der Waals surface area contributed by atoms with E-state index in [9.17, 15) is 9.59 Å². The number of alkyl carbamates (subject to hydrolysis) is 1. The SMILES string of the molecule is C=N/C=C(/NC(=O)c1nc(-c2ccc(CNC(=O)OC(C)(C)C)cc2)cnc1N)C(=C)N(C)CCOC. The number of nitrogens with two attached hydrogens (primary N) is 1. The van der Waals surface area contributed by atoms with Crippen molar-refractivity contribution in [3.63, 3.8) is 0 Å². The molecule has 0 spiro atoms. The molecule has 1 aromatic carbocycles. The van der Waals surface area contributed by atoms with Crippen molar-refractivity contribution < 1.29 is 19.1 Å². The Hall–Kier alpha value is -4.25. The quantitative estimate of drug-likeness (QED) is 0.310. The number of ether oxygens (including phenoxy) is 2. The van der Waals surface area contributed by atoms with Crippen molar-refractivity contribution in [2.45, 2.75) is 32.9 Å². The van der Waals surface area contributed by atoms with E-state index < -0.39 is 17.6 Å². The predicted molar refractivity (Wildman–Crippen MR) is 144 cm³/mol. The lowest BCUT2D eigenvalue weighted by molar-refractivity contribution is 0.0523. The minimum absolute atomic E-state index is 0.0244. The van der Waals surface area contributed by atoms with E-state index in [2.05, 4.69) is 38.9 Å². The fourth-order valence-corrected chi connectivity index (χ4v) is 3.01. The monoisotopic (exact) mass is 509 g/mol. The van der Waals surface area contributed by atoms with Gasteiger partial charge in [-0.15, -0.1) is 0 Å². The van der Waals surface area contributed by atoms with Gasteiger partial charge in [0.1, 0.15) is 5.60 Å². The number of aromatic nitrogens is 2. The molecule has 0 bridgehead atoms. The highest BCUT2D eigenvalue weighted by Crippen LogP contribution is 2.20. The molecule has 1 aromatic heterocycles. The molecule has 37 heavy (non-hydrogen) atoms. The van der Waals surface area contributed by atoms with Crippen molar-refractivity contribution in [2.75, 3.05) is 33.0 Å². The van der Waals surface area contributed by atoms with Gasteiger partial charge in [-0.3, -0.25) is 9.79 Å². The number of amides is 2. The normalized spacial score (nSPS) is 11.4. The van der Waals surface area contributed by atoms with E-state index in [1.54, 1.807) is 27.9 Å². The van der Waals surface area contributed by atoms with Crippen LogP contribution in [0.1, 0.15) is 36.8 Å². The van der Waals surface area contributed by atoms with Crippen LogP contribution in [0.25, 0.3) is 11.3 Å². The minimum atomic E-state index is -0.572. The number of hydrogen-bond donors (Lipinski definition) is 3. The number of likely N-dealkylation sites (N-methyl/N-ethyl adjacent to an activating group) is 1. The Bertz CT molecular complexity index is 1150. The number of hydrogen-bond acceptors (Lipinski definition) is 9. The average molecular weight is 510 g/mol. The number of anilines is 1. The third kappa shape index (κ3) is 9.04. The maximum absolute atomic E-state index is 13.0. The molecule has 4 N–H and O–H groups in total. The molecule has 0 saturated heterocycles. The highest BCUT2D eigenvalue weighted by molar-refractivity contribution is 5.98. The summed E-state index contributed by atoms with van der Waals surface area (Å²) in [4.78, 5) is 39.1. The summed E-state index contributed by atoms with van der Waals surface area (Å²) in [6.07, 6.45) is 2.38. The molecule has 0 fully saturated rings. The van der Waals surface area contributed by atoms with Crippen molar-refractivity contribution in [1.29, 1.82) is 0 Å². The second kappa shape index (κ2) is 13.2. The molecular weight excluding hydrogens is 474 g/mol. The molecule has 11 nitrogen and oxygen atoms in total. The number of rotatable bonds is 11. The van der Waals surface area contributed by atoms with Crippen LogP contribution in [0.4, 0.5) is 10.6 Å². The summed E-state index contributed by atoms with van der Waals surface area (Å²) in [5.74, 6) is -0.593. The smallest absolute Gasteiger partial charge is 0.407 e. The van der Waals surface area contributed by atoms with Gasteiger partial charge < -0.3 is 30.7 Å². The van der Waals surface area contributed by atoms with Crippen LogP contribution in [0.15, 0.2) is 59.6 Å². The van der Waals surface area contributed by atoms with Crippen LogP contribution in [-0.4, -0.2) is 66.5 Å². The third-order valence-electron chi connectivity index (χ3n) is 4.97. The van der Waals surface area contributed by atoms with Crippen LogP contribution < -0.4 is 16.4 Å². The summed E-state index contributed by atoms with van der Waals surface area (Å²) in [7, 11) is 3.41. The molecule has 0 aliphatic heterocycles. The number of carbonyl (C=O) groups excluding carboxylic acids is 2. The Balaban J connectivity index is 2.15. The topological polar surface area (TPSA) is 144 Å². The van der Waals surface area contributed by atoms with Crippen molar-refractivity contribution >= 4 is 24.5 Å². The lowest BCUT2D eigenvalue weighted by atomic mass is 10.1. The average Bonchev–Trinajstić information content (AvgIpc) is 2.84. The highest BCUT2D eigenvalue weighted by Gasteiger charge is 2.19. The number of benzene rings is 1. The number of nitrogen functional groups attached to an aromatic ring is 1. The van der Waals surface area contributed by atoms with Crippen LogP contribution in [0.2, 0.25) is 0 Å². The summed E-state index contributed by atoms with van der Waals surface area (Å²) >= 11 is 0. The molecule has 198 valence electrons. The molecule has 0 aliphatic carbocycles. The molecule has 2 aromatic rings. The Morgan fingerprint density at radius 1 is 1.24 bits per heavy atom. The molecular formula is C26H35N7O4. The lowest BCUT2D eigenvalue weighted by Crippen LogP contribution is -2.32. The summed E-state index contributed by atoms with van der Waals surface area (Å²) < 4.78 is 10.3. The van der Waals surface area contributed by atoms with Gasteiger partial charge in [0, 0.05) is 32.8 Å². The van der Waals surface area contributed by atoms with Crippen molar-refractivity contribution in [2.24, 2.45) is 4.99 Å². The molecule has 2 rings (SSSR count).